The third-order valence-corrected chi connectivity index (χ3v) is 9.38. The zero-order valence-corrected chi connectivity index (χ0v) is 28.2. The van der Waals surface area contributed by atoms with Crippen molar-refractivity contribution in [3.05, 3.63) is 40.4 Å². The largest absolute Gasteiger partial charge is 0.485 e. The van der Waals surface area contributed by atoms with E-state index in [1.54, 1.807) is 12.1 Å². The summed E-state index contributed by atoms with van der Waals surface area (Å²) in [5, 5.41) is 30.9. The summed E-state index contributed by atoms with van der Waals surface area (Å²) < 4.78 is 41.7. The van der Waals surface area contributed by atoms with E-state index in [2.05, 4.69) is 30.0 Å². The standard InChI is InChI=1S/C28H36N8O11S2/c1-27(2)21(24(39)36(27)47-49(42,43)44)34-23(38)20(17-12-48-26(30)33-17)35-46-28(3,25(40)41)19-7-5-13-8-14(4-6-18(13)45-19)22-31-10-16(32-22)9-15(29)11-37/h4,6,8,12,15-16,19,21,37H,5,7,9-11,29H2,1-3H3,(H2,30,33)(H,31,32)(H,34,38)(H,40,41)(H,42,43,44)/b35-20-/t15-,16-,19+,21+,28-/m0/s1. The van der Waals surface area contributed by atoms with Crippen LogP contribution in [0.15, 0.2) is 33.7 Å². The molecule has 0 radical (unpaired) electrons. The molecule has 5 rings (SSSR count). The Balaban J connectivity index is 1.34. The normalized spacial score (nSPS) is 23.6. The number of amides is 2. The van der Waals surface area contributed by atoms with Crippen LogP contribution in [0.2, 0.25) is 0 Å². The number of carbonyl (C=O) groups is 3. The van der Waals surface area contributed by atoms with E-state index in [1.807, 2.05) is 6.07 Å². The predicted octanol–water partition coefficient (Wildman–Crippen LogP) is -1.05. The van der Waals surface area contributed by atoms with E-state index >= 15 is 0 Å². The number of thiazole rings is 1. The molecule has 0 bridgehead atoms. The van der Waals surface area contributed by atoms with Crippen LogP contribution in [0.5, 0.6) is 5.75 Å². The van der Waals surface area contributed by atoms with Gasteiger partial charge in [0.1, 0.15) is 23.3 Å². The molecule has 266 valence electrons. The third-order valence-electron chi connectivity index (χ3n) is 8.37. The van der Waals surface area contributed by atoms with Gasteiger partial charge in [0.2, 0.25) is 0 Å². The highest BCUT2D eigenvalue weighted by Crippen LogP contribution is 2.35. The molecule has 1 aromatic heterocycles. The smallest absolute Gasteiger partial charge is 0.418 e. The molecule has 3 aliphatic rings. The van der Waals surface area contributed by atoms with Crippen molar-refractivity contribution < 1.29 is 51.4 Å². The highest BCUT2D eigenvalue weighted by Gasteiger charge is 2.58. The number of amidine groups is 1. The molecule has 2 aromatic rings. The molecule has 0 aliphatic carbocycles. The molecule has 1 saturated heterocycles. The number of hydrogen-bond acceptors (Lipinski definition) is 16. The van der Waals surface area contributed by atoms with E-state index in [-0.39, 0.29) is 35.9 Å². The second-order valence-electron chi connectivity index (χ2n) is 12.4. The Morgan fingerprint density at radius 3 is 2.71 bits per heavy atom. The molecule has 0 spiro atoms. The number of aryl methyl sites for hydroxylation is 1. The summed E-state index contributed by atoms with van der Waals surface area (Å²) in [5.74, 6) is -2.37. The Morgan fingerprint density at radius 2 is 2.10 bits per heavy atom. The van der Waals surface area contributed by atoms with Gasteiger partial charge in [0.15, 0.2) is 16.9 Å². The van der Waals surface area contributed by atoms with Crippen LogP contribution in [0, 0.1) is 0 Å². The number of fused-ring (bicyclic) bond motifs is 1. The van der Waals surface area contributed by atoms with Crippen molar-refractivity contribution in [1.82, 2.24) is 20.7 Å². The molecule has 0 unspecified atom stereocenters. The molecule has 3 aliphatic heterocycles. The van der Waals surface area contributed by atoms with E-state index in [0.29, 0.717) is 36.0 Å². The lowest BCUT2D eigenvalue weighted by atomic mass is 9.84. The minimum Gasteiger partial charge on any atom is -0.485 e. The first-order valence-corrected chi connectivity index (χ1v) is 17.2. The van der Waals surface area contributed by atoms with Crippen LogP contribution in [-0.2, 0) is 40.3 Å². The van der Waals surface area contributed by atoms with Crippen molar-refractivity contribution in [2.24, 2.45) is 15.9 Å². The number of ether oxygens (including phenoxy) is 1. The number of hydroxylamine groups is 2. The fourth-order valence-electron chi connectivity index (χ4n) is 5.54. The summed E-state index contributed by atoms with van der Waals surface area (Å²) in [6.45, 7) is 4.42. The Kier molecular flexibility index (Phi) is 9.87. The lowest BCUT2D eigenvalue weighted by Crippen LogP contribution is -2.76. The Bertz CT molecular complexity index is 1810. The molecule has 1 aromatic carbocycles. The maximum Gasteiger partial charge on any atom is 0.418 e. The van der Waals surface area contributed by atoms with Crippen molar-refractivity contribution in [2.45, 2.75) is 75.4 Å². The molecule has 9 N–H and O–H groups in total. The molecular weight excluding hydrogens is 688 g/mol. The predicted molar refractivity (Wildman–Crippen MR) is 173 cm³/mol. The average molecular weight is 725 g/mol. The lowest BCUT2D eigenvalue weighted by molar-refractivity contribution is -0.218. The Hall–Kier alpha value is -4.41. The number of aliphatic hydroxyl groups excluding tert-OH is 1. The first kappa shape index (κ1) is 35.9. The van der Waals surface area contributed by atoms with Crippen LogP contribution in [0.1, 0.15) is 50.4 Å². The number of benzene rings is 1. The monoisotopic (exact) mass is 724 g/mol. The first-order chi connectivity index (χ1) is 22.9. The highest BCUT2D eigenvalue weighted by atomic mass is 32.3. The first-order valence-electron chi connectivity index (χ1n) is 14.9. The van der Waals surface area contributed by atoms with E-state index in [4.69, 9.17) is 25.6 Å². The van der Waals surface area contributed by atoms with Gasteiger partial charge < -0.3 is 41.9 Å². The molecule has 49 heavy (non-hydrogen) atoms. The number of nitrogen functional groups attached to an aromatic ring is 1. The van der Waals surface area contributed by atoms with Crippen LogP contribution in [0.3, 0.4) is 0 Å². The van der Waals surface area contributed by atoms with Crippen LogP contribution < -0.4 is 26.8 Å². The molecule has 1 fully saturated rings. The van der Waals surface area contributed by atoms with E-state index in [1.165, 1.54) is 26.2 Å². The summed E-state index contributed by atoms with van der Waals surface area (Å²) in [5.41, 5.74) is 9.05. The number of aliphatic hydroxyl groups is 1. The number of carboxylic acids is 1. The lowest BCUT2D eigenvalue weighted by Gasteiger charge is -2.50. The fraction of sp³-hybridized carbons (Fsp3) is 0.500. The molecule has 5 atom stereocenters. The van der Waals surface area contributed by atoms with Gasteiger partial charge in [0, 0.05) is 23.5 Å². The van der Waals surface area contributed by atoms with Crippen LogP contribution >= 0.6 is 11.3 Å². The number of aromatic nitrogens is 1. The summed E-state index contributed by atoms with van der Waals surface area (Å²) in [4.78, 5) is 53.0. The molecule has 21 heteroatoms. The minimum atomic E-state index is -5.03. The number of aliphatic imine (C=N–C) groups is 1. The van der Waals surface area contributed by atoms with E-state index in [0.717, 1.165) is 22.5 Å². The van der Waals surface area contributed by atoms with E-state index < -0.39 is 57.2 Å². The number of nitrogens with one attached hydrogen (secondary N) is 2. The number of oxime groups is 1. The quantitative estimate of drug-likeness (QED) is 0.0561. The molecule has 0 saturated carbocycles. The number of anilines is 1. The maximum absolute atomic E-state index is 13.4. The van der Waals surface area contributed by atoms with Crippen LogP contribution in [-0.4, -0.2) is 111 Å². The SMILES string of the molecule is CC1(C)[C@H](NC(=O)/C(=N\O[C@](C)(C(=O)O)[C@H]2CCc3cc(C4=N[C@@H](C[C@H](N)CO)CN4)ccc3O2)c2csc(N)n2)C(=O)N1OS(=O)(=O)O. The van der Waals surface area contributed by atoms with Crippen molar-refractivity contribution >= 4 is 56.2 Å². The number of β-lactam (4-membered cyclic amide) rings is 1. The van der Waals surface area contributed by atoms with Crippen molar-refractivity contribution in [2.75, 3.05) is 18.9 Å². The Morgan fingerprint density at radius 1 is 1.37 bits per heavy atom. The van der Waals surface area contributed by atoms with Gasteiger partial charge in [-0.25, -0.2) is 9.78 Å². The number of nitrogens with two attached hydrogens (primary N) is 2. The van der Waals surface area contributed by atoms with Gasteiger partial charge in [-0.1, -0.05) is 5.16 Å². The van der Waals surface area contributed by atoms with Gasteiger partial charge in [-0.05, 0) is 63.8 Å². The van der Waals surface area contributed by atoms with Crippen LogP contribution in [0.4, 0.5) is 5.13 Å². The van der Waals surface area contributed by atoms with Gasteiger partial charge in [0.25, 0.3) is 17.4 Å². The van der Waals surface area contributed by atoms with Crippen LogP contribution in [0.25, 0.3) is 0 Å². The number of carboxylic acid groups (broad SMARTS) is 1. The molecule has 2 amide bonds. The molecule has 19 nitrogen and oxygen atoms in total. The van der Waals surface area contributed by atoms with Crippen molar-refractivity contribution in [1.29, 1.82) is 0 Å². The zero-order valence-electron chi connectivity index (χ0n) is 26.5. The number of nitrogens with zero attached hydrogens (tertiary/aromatic N) is 4. The van der Waals surface area contributed by atoms with Gasteiger partial charge in [-0.3, -0.25) is 19.1 Å². The summed E-state index contributed by atoms with van der Waals surface area (Å²) in [6, 6.07) is 3.58. The van der Waals surface area contributed by atoms with Gasteiger partial charge in [-0.15, -0.1) is 15.6 Å². The molecular formula is C28H36N8O11S2. The summed E-state index contributed by atoms with van der Waals surface area (Å²) in [7, 11) is -5.03. The van der Waals surface area contributed by atoms with Crippen molar-refractivity contribution in [3.63, 3.8) is 0 Å². The van der Waals surface area contributed by atoms with Gasteiger partial charge in [-0.2, -0.15) is 13.5 Å². The second-order valence-corrected chi connectivity index (χ2v) is 14.3. The molecule has 4 heterocycles. The minimum absolute atomic E-state index is 0.0545. The summed E-state index contributed by atoms with van der Waals surface area (Å²) >= 11 is 0.961. The summed E-state index contributed by atoms with van der Waals surface area (Å²) in [6.07, 6.45) is 0.0654. The van der Waals surface area contributed by atoms with E-state index in [9.17, 15) is 33.0 Å². The number of carbonyl (C=O) groups excluding carboxylic acids is 2. The average Bonchev–Trinajstić information content (AvgIpc) is 3.70. The van der Waals surface area contributed by atoms with Gasteiger partial charge in [0.05, 0.1) is 18.2 Å². The zero-order chi connectivity index (χ0) is 35.9. The topological polar surface area (TPSA) is 291 Å². The maximum atomic E-state index is 13.4. The number of rotatable bonds is 13. The van der Waals surface area contributed by atoms with Gasteiger partial charge >= 0.3 is 16.4 Å². The second kappa shape index (κ2) is 13.5. The fourth-order valence-corrected chi connectivity index (χ4v) is 6.55. The number of hydrogen-bond donors (Lipinski definition) is 7. The number of aliphatic carboxylic acids is 1. The Labute approximate surface area is 284 Å². The third kappa shape index (κ3) is 7.45. The highest BCUT2D eigenvalue weighted by molar-refractivity contribution is 7.80. The van der Waals surface area contributed by atoms with Crippen molar-refractivity contribution in [3.8, 4) is 5.75 Å².